The standard InChI is InChI=1S/C17H21N3O5S/c1-5-25-17-13(7-6-10-18-17)16(21)19-14-11-12(8-9-15(14)24-4)26(22,23)20(2)3/h6-11H,5H2,1-4H3,(H,19,21). The topological polar surface area (TPSA) is 97.8 Å². The molecule has 0 spiro atoms. The lowest BCUT2D eigenvalue weighted by Crippen LogP contribution is -2.22. The highest BCUT2D eigenvalue weighted by Crippen LogP contribution is 2.29. The van der Waals surface area contributed by atoms with E-state index in [-0.39, 0.29) is 22.0 Å². The molecule has 0 saturated carbocycles. The van der Waals surface area contributed by atoms with Crippen molar-refractivity contribution >= 4 is 21.6 Å². The van der Waals surface area contributed by atoms with E-state index < -0.39 is 15.9 Å². The number of hydrogen-bond donors (Lipinski definition) is 1. The molecule has 0 aliphatic carbocycles. The number of sulfonamides is 1. The van der Waals surface area contributed by atoms with Crippen molar-refractivity contribution in [1.82, 2.24) is 9.29 Å². The van der Waals surface area contributed by atoms with Crippen molar-refractivity contribution < 1.29 is 22.7 Å². The van der Waals surface area contributed by atoms with Gasteiger partial charge in [0.2, 0.25) is 15.9 Å². The van der Waals surface area contributed by atoms with Gasteiger partial charge in [-0.2, -0.15) is 0 Å². The van der Waals surface area contributed by atoms with Gasteiger partial charge in [-0.15, -0.1) is 0 Å². The monoisotopic (exact) mass is 379 g/mol. The van der Waals surface area contributed by atoms with Gasteiger partial charge >= 0.3 is 0 Å². The third-order valence-corrected chi connectivity index (χ3v) is 5.31. The predicted octanol–water partition coefficient (Wildman–Crippen LogP) is 1.99. The lowest BCUT2D eigenvalue weighted by Gasteiger charge is -2.15. The molecule has 1 heterocycles. The number of nitrogens with zero attached hydrogens (tertiary/aromatic N) is 2. The normalized spacial score (nSPS) is 11.3. The maximum Gasteiger partial charge on any atom is 0.261 e. The van der Waals surface area contributed by atoms with Gasteiger partial charge in [-0.3, -0.25) is 4.79 Å². The first-order chi connectivity index (χ1) is 12.3. The van der Waals surface area contributed by atoms with Crippen LogP contribution in [0.2, 0.25) is 0 Å². The van der Waals surface area contributed by atoms with Crippen molar-refractivity contribution in [3.63, 3.8) is 0 Å². The molecule has 9 heteroatoms. The van der Waals surface area contributed by atoms with Crippen LogP contribution in [0, 0.1) is 0 Å². The van der Waals surface area contributed by atoms with E-state index in [4.69, 9.17) is 9.47 Å². The summed E-state index contributed by atoms with van der Waals surface area (Å²) in [5, 5.41) is 2.66. The lowest BCUT2D eigenvalue weighted by molar-refractivity contribution is 0.102. The van der Waals surface area contributed by atoms with Crippen LogP contribution in [0.3, 0.4) is 0 Å². The zero-order chi connectivity index (χ0) is 19.3. The summed E-state index contributed by atoms with van der Waals surface area (Å²) in [4.78, 5) is 16.7. The average molecular weight is 379 g/mol. The smallest absolute Gasteiger partial charge is 0.261 e. The summed E-state index contributed by atoms with van der Waals surface area (Å²) in [6, 6.07) is 7.43. The first kappa shape index (κ1) is 19.7. The fourth-order valence-electron chi connectivity index (χ4n) is 2.16. The summed E-state index contributed by atoms with van der Waals surface area (Å²) in [5.74, 6) is 0.0423. The molecule has 0 unspecified atom stereocenters. The molecular weight excluding hydrogens is 358 g/mol. The fraction of sp³-hybridized carbons (Fsp3) is 0.294. The molecule has 2 rings (SSSR count). The molecule has 26 heavy (non-hydrogen) atoms. The molecule has 0 aliphatic rings. The van der Waals surface area contributed by atoms with Gasteiger partial charge in [-0.1, -0.05) is 0 Å². The van der Waals surface area contributed by atoms with Crippen molar-refractivity contribution in [1.29, 1.82) is 0 Å². The number of amides is 1. The molecule has 0 fully saturated rings. The van der Waals surface area contributed by atoms with Crippen LogP contribution in [0.5, 0.6) is 11.6 Å². The third-order valence-electron chi connectivity index (χ3n) is 3.49. The molecule has 0 atom stereocenters. The van der Waals surface area contributed by atoms with Crippen LogP contribution in [-0.4, -0.2) is 51.4 Å². The maximum atomic E-state index is 12.6. The van der Waals surface area contributed by atoms with Gasteiger partial charge in [0.1, 0.15) is 11.3 Å². The van der Waals surface area contributed by atoms with Crippen LogP contribution in [0.4, 0.5) is 5.69 Å². The molecule has 140 valence electrons. The molecule has 0 bridgehead atoms. The minimum absolute atomic E-state index is 0.0369. The molecule has 2 aromatic rings. The number of nitrogens with one attached hydrogen (secondary N) is 1. The quantitative estimate of drug-likeness (QED) is 0.790. The number of carbonyl (C=O) groups is 1. The largest absolute Gasteiger partial charge is 0.495 e. The maximum absolute atomic E-state index is 12.6. The van der Waals surface area contributed by atoms with E-state index in [1.54, 1.807) is 19.1 Å². The van der Waals surface area contributed by atoms with E-state index in [2.05, 4.69) is 10.3 Å². The third kappa shape index (κ3) is 4.12. The Hall–Kier alpha value is -2.65. The summed E-state index contributed by atoms with van der Waals surface area (Å²) in [7, 11) is 0.644. The Bertz CT molecular complexity index is 897. The van der Waals surface area contributed by atoms with Gasteiger partial charge in [0, 0.05) is 20.3 Å². The average Bonchev–Trinajstić information content (AvgIpc) is 2.62. The molecule has 1 amide bonds. The van der Waals surface area contributed by atoms with Crippen LogP contribution in [0.1, 0.15) is 17.3 Å². The summed E-state index contributed by atoms with van der Waals surface area (Å²) >= 11 is 0. The lowest BCUT2D eigenvalue weighted by atomic mass is 10.2. The number of pyridine rings is 1. The number of aromatic nitrogens is 1. The van der Waals surface area contributed by atoms with E-state index in [1.807, 2.05) is 0 Å². The van der Waals surface area contributed by atoms with Gasteiger partial charge in [0.15, 0.2) is 0 Å². The Morgan fingerprint density at radius 1 is 1.27 bits per heavy atom. The summed E-state index contributed by atoms with van der Waals surface area (Å²) < 4.78 is 36.3. The van der Waals surface area contributed by atoms with Crippen LogP contribution >= 0.6 is 0 Å². The van der Waals surface area contributed by atoms with Gasteiger partial charge in [0.05, 0.1) is 24.3 Å². The van der Waals surface area contributed by atoms with Crippen molar-refractivity contribution in [3.8, 4) is 11.6 Å². The minimum Gasteiger partial charge on any atom is -0.495 e. The highest BCUT2D eigenvalue weighted by molar-refractivity contribution is 7.89. The van der Waals surface area contributed by atoms with Gasteiger partial charge in [0.25, 0.3) is 5.91 Å². The van der Waals surface area contributed by atoms with Gasteiger partial charge in [-0.25, -0.2) is 17.7 Å². The van der Waals surface area contributed by atoms with Gasteiger partial charge in [-0.05, 0) is 37.3 Å². The molecule has 0 radical (unpaired) electrons. The summed E-state index contributed by atoms with van der Waals surface area (Å²) in [6.07, 6.45) is 1.52. The van der Waals surface area contributed by atoms with Crippen molar-refractivity contribution in [2.75, 3.05) is 33.1 Å². The van der Waals surface area contributed by atoms with Crippen LogP contribution < -0.4 is 14.8 Å². The zero-order valence-corrected chi connectivity index (χ0v) is 15.8. The number of benzene rings is 1. The van der Waals surface area contributed by atoms with E-state index in [1.165, 1.54) is 45.6 Å². The zero-order valence-electron chi connectivity index (χ0n) is 15.0. The number of ether oxygens (including phenoxy) is 2. The van der Waals surface area contributed by atoms with Gasteiger partial charge < -0.3 is 14.8 Å². The second kappa shape index (κ2) is 8.15. The summed E-state index contributed by atoms with van der Waals surface area (Å²) in [6.45, 7) is 2.14. The Morgan fingerprint density at radius 3 is 2.62 bits per heavy atom. The predicted molar refractivity (Wildman–Crippen MR) is 97.2 cm³/mol. The number of anilines is 1. The second-order valence-corrected chi connectivity index (χ2v) is 7.54. The highest BCUT2D eigenvalue weighted by atomic mass is 32.2. The number of carbonyl (C=O) groups excluding carboxylic acids is 1. The van der Waals surface area contributed by atoms with Crippen LogP contribution in [0.25, 0.3) is 0 Å². The Morgan fingerprint density at radius 2 is 2.00 bits per heavy atom. The van der Waals surface area contributed by atoms with E-state index in [0.29, 0.717) is 12.4 Å². The molecule has 0 aliphatic heterocycles. The molecule has 1 N–H and O–H groups in total. The number of hydrogen-bond acceptors (Lipinski definition) is 6. The van der Waals surface area contributed by atoms with Crippen molar-refractivity contribution in [2.24, 2.45) is 0 Å². The Labute approximate surface area is 152 Å². The first-order valence-electron chi connectivity index (χ1n) is 7.81. The molecule has 1 aromatic heterocycles. The van der Waals surface area contributed by atoms with Crippen molar-refractivity contribution in [2.45, 2.75) is 11.8 Å². The molecule has 0 saturated heterocycles. The Kier molecular flexibility index (Phi) is 6.17. The van der Waals surface area contributed by atoms with Crippen molar-refractivity contribution in [3.05, 3.63) is 42.1 Å². The number of rotatable bonds is 7. The number of methoxy groups -OCH3 is 1. The first-order valence-corrected chi connectivity index (χ1v) is 9.25. The summed E-state index contributed by atoms with van der Waals surface area (Å²) in [5.41, 5.74) is 0.462. The van der Waals surface area contributed by atoms with Crippen LogP contribution in [-0.2, 0) is 10.0 Å². The molecule has 8 nitrogen and oxygen atoms in total. The Balaban J connectivity index is 2.41. The molecular formula is C17H21N3O5S. The SMILES string of the molecule is CCOc1ncccc1C(=O)Nc1cc(S(=O)(=O)N(C)C)ccc1OC. The van der Waals surface area contributed by atoms with E-state index in [0.717, 1.165) is 4.31 Å². The highest BCUT2D eigenvalue weighted by Gasteiger charge is 2.21. The van der Waals surface area contributed by atoms with E-state index in [9.17, 15) is 13.2 Å². The fourth-order valence-corrected chi connectivity index (χ4v) is 3.09. The molecule has 1 aromatic carbocycles. The van der Waals surface area contributed by atoms with Crippen LogP contribution in [0.15, 0.2) is 41.4 Å². The second-order valence-electron chi connectivity index (χ2n) is 5.39. The van der Waals surface area contributed by atoms with E-state index >= 15 is 0 Å². The minimum atomic E-state index is -3.65.